The number of nitriles is 1. The van der Waals surface area contributed by atoms with E-state index < -0.39 is 0 Å². The van der Waals surface area contributed by atoms with Gasteiger partial charge in [-0.05, 0) is 43.2 Å². The highest BCUT2D eigenvalue weighted by Gasteiger charge is 2.15. The van der Waals surface area contributed by atoms with Crippen LogP contribution in [-0.2, 0) is 6.61 Å². The number of para-hydroxylation sites is 2. The first-order chi connectivity index (χ1) is 15.0. The molecule has 0 radical (unpaired) electrons. The summed E-state index contributed by atoms with van der Waals surface area (Å²) >= 11 is 1.13. The summed E-state index contributed by atoms with van der Waals surface area (Å²) in [6, 6.07) is 15.4. The number of aliphatic hydroxyl groups is 1. The maximum absolute atomic E-state index is 10.4. The van der Waals surface area contributed by atoms with Crippen LogP contribution in [0.25, 0.3) is 16.6 Å². The lowest BCUT2D eigenvalue weighted by atomic mass is 10.1. The number of allylic oxidation sites excluding steroid dienone is 1. The van der Waals surface area contributed by atoms with E-state index in [4.69, 9.17) is 9.15 Å². The van der Waals surface area contributed by atoms with E-state index in [1.807, 2.05) is 62.4 Å². The third-order valence-corrected chi connectivity index (χ3v) is 5.33. The number of benzene rings is 2. The number of imidazole rings is 1. The third-order valence-electron chi connectivity index (χ3n) is 4.50. The van der Waals surface area contributed by atoms with Gasteiger partial charge < -0.3 is 19.2 Å². The standard InChI is InChI=1S/C22H19N5O3S/c1-13-7-8-14(2)19(9-13)29-11-20-26-27-22(30-20)31-12-18(28)15(10-23)21-24-16-5-3-4-6-17(16)25-21/h3-9,28H,11-12H2,1-2H3,(H,24,25)/b18-15-. The zero-order chi connectivity index (χ0) is 21.8. The minimum atomic E-state index is -0.127. The van der Waals surface area contributed by atoms with Crippen molar-refractivity contribution >= 4 is 28.4 Å². The fraction of sp³-hybridized carbons (Fsp3) is 0.182. The van der Waals surface area contributed by atoms with E-state index in [-0.39, 0.29) is 28.9 Å². The molecule has 4 aromatic rings. The average Bonchev–Trinajstić information content (AvgIpc) is 3.40. The van der Waals surface area contributed by atoms with E-state index in [9.17, 15) is 10.4 Å². The Bertz CT molecular complexity index is 1270. The lowest BCUT2D eigenvalue weighted by Crippen LogP contribution is -1.97. The molecule has 2 aromatic carbocycles. The van der Waals surface area contributed by atoms with Gasteiger partial charge in [-0.25, -0.2) is 4.98 Å². The van der Waals surface area contributed by atoms with Crippen molar-refractivity contribution in [2.24, 2.45) is 0 Å². The predicted molar refractivity (Wildman–Crippen MR) is 117 cm³/mol. The molecule has 0 aliphatic heterocycles. The summed E-state index contributed by atoms with van der Waals surface area (Å²) < 4.78 is 11.3. The lowest BCUT2D eigenvalue weighted by molar-refractivity contribution is 0.250. The molecular weight excluding hydrogens is 414 g/mol. The molecule has 0 amide bonds. The number of rotatable bonds is 7. The Balaban J connectivity index is 1.41. The lowest BCUT2D eigenvalue weighted by Gasteiger charge is -2.07. The maximum Gasteiger partial charge on any atom is 0.277 e. The summed E-state index contributed by atoms with van der Waals surface area (Å²) in [5.41, 5.74) is 3.70. The number of aryl methyl sites for hydroxylation is 2. The Labute approximate surface area is 182 Å². The number of fused-ring (bicyclic) bond motifs is 1. The molecule has 0 aliphatic carbocycles. The van der Waals surface area contributed by atoms with Crippen molar-refractivity contribution in [2.75, 3.05) is 5.75 Å². The highest BCUT2D eigenvalue weighted by molar-refractivity contribution is 7.99. The molecule has 0 fully saturated rings. The van der Waals surface area contributed by atoms with Gasteiger partial charge >= 0.3 is 0 Å². The number of hydrogen-bond acceptors (Lipinski definition) is 8. The quantitative estimate of drug-likeness (QED) is 0.244. The second-order valence-corrected chi connectivity index (χ2v) is 7.77. The average molecular weight is 433 g/mol. The number of nitrogens with one attached hydrogen (secondary N) is 1. The molecule has 2 N–H and O–H groups in total. The Morgan fingerprint density at radius 1 is 1.23 bits per heavy atom. The Morgan fingerprint density at radius 2 is 2.06 bits per heavy atom. The van der Waals surface area contributed by atoms with Crippen molar-refractivity contribution in [1.29, 1.82) is 5.26 Å². The molecule has 4 rings (SSSR count). The van der Waals surface area contributed by atoms with Gasteiger partial charge in [-0.3, -0.25) is 0 Å². The molecule has 8 nitrogen and oxygen atoms in total. The van der Waals surface area contributed by atoms with Crippen LogP contribution < -0.4 is 4.74 Å². The van der Waals surface area contributed by atoms with E-state index in [0.29, 0.717) is 11.7 Å². The first kappa shape index (κ1) is 20.5. The van der Waals surface area contributed by atoms with Gasteiger partial charge in [-0.15, -0.1) is 10.2 Å². The van der Waals surface area contributed by atoms with E-state index in [1.54, 1.807) is 0 Å². The monoisotopic (exact) mass is 433 g/mol. The van der Waals surface area contributed by atoms with Crippen LogP contribution in [-0.4, -0.2) is 31.0 Å². The molecule has 31 heavy (non-hydrogen) atoms. The summed E-state index contributed by atoms with van der Waals surface area (Å²) in [5, 5.41) is 28.1. The van der Waals surface area contributed by atoms with Crippen LogP contribution in [0.5, 0.6) is 5.75 Å². The predicted octanol–water partition coefficient (Wildman–Crippen LogP) is 4.73. The van der Waals surface area contributed by atoms with Crippen LogP contribution in [0.3, 0.4) is 0 Å². The Kier molecular flexibility index (Phi) is 5.91. The summed E-state index contributed by atoms with van der Waals surface area (Å²) in [7, 11) is 0. The molecule has 0 atom stereocenters. The zero-order valence-corrected chi connectivity index (χ0v) is 17.7. The van der Waals surface area contributed by atoms with Crippen molar-refractivity contribution in [3.05, 3.63) is 71.1 Å². The molecule has 2 heterocycles. The Morgan fingerprint density at radius 3 is 2.87 bits per heavy atom. The molecule has 2 aromatic heterocycles. The molecule has 0 saturated heterocycles. The minimum Gasteiger partial charge on any atom is -0.510 e. The van der Waals surface area contributed by atoms with Crippen molar-refractivity contribution < 1.29 is 14.3 Å². The molecule has 0 saturated carbocycles. The fourth-order valence-electron chi connectivity index (χ4n) is 2.88. The SMILES string of the molecule is Cc1ccc(C)c(OCc2nnc(SC/C(O)=C(\C#N)c3nc4ccccc4[nH]3)o2)c1. The maximum atomic E-state index is 10.4. The smallest absolute Gasteiger partial charge is 0.277 e. The second kappa shape index (κ2) is 8.93. The molecular formula is C22H19N5O3S. The Hall–Kier alpha value is -3.77. The first-order valence-corrected chi connectivity index (χ1v) is 10.4. The summed E-state index contributed by atoms with van der Waals surface area (Å²) in [6.45, 7) is 4.10. The van der Waals surface area contributed by atoms with Crippen molar-refractivity contribution in [2.45, 2.75) is 25.7 Å². The number of aliphatic hydroxyl groups excluding tert-OH is 1. The summed E-state index contributed by atoms with van der Waals surface area (Å²) in [6.07, 6.45) is 0. The normalized spacial score (nSPS) is 11.9. The molecule has 0 unspecified atom stereocenters. The number of nitrogens with zero attached hydrogens (tertiary/aromatic N) is 4. The molecule has 0 aliphatic rings. The van der Waals surface area contributed by atoms with Crippen LogP contribution in [0.2, 0.25) is 0 Å². The number of thioether (sulfide) groups is 1. The number of H-pyrrole nitrogens is 1. The summed E-state index contributed by atoms with van der Waals surface area (Å²) in [4.78, 5) is 7.40. The zero-order valence-electron chi connectivity index (χ0n) is 16.9. The number of aromatic amines is 1. The molecule has 9 heteroatoms. The van der Waals surface area contributed by atoms with Crippen LogP contribution in [0, 0.1) is 25.2 Å². The van der Waals surface area contributed by atoms with Gasteiger partial charge in [0.2, 0.25) is 0 Å². The van der Waals surface area contributed by atoms with Gasteiger partial charge in [-0.1, -0.05) is 36.0 Å². The van der Waals surface area contributed by atoms with Gasteiger partial charge in [0.25, 0.3) is 11.1 Å². The first-order valence-electron chi connectivity index (χ1n) is 9.46. The van der Waals surface area contributed by atoms with Gasteiger partial charge in [-0.2, -0.15) is 5.26 Å². The van der Waals surface area contributed by atoms with Gasteiger partial charge in [0.05, 0.1) is 16.8 Å². The van der Waals surface area contributed by atoms with Gasteiger partial charge in [0.1, 0.15) is 23.2 Å². The summed E-state index contributed by atoms with van der Waals surface area (Å²) in [5.74, 6) is 1.36. The van der Waals surface area contributed by atoms with Gasteiger partial charge in [0.15, 0.2) is 12.4 Å². The van der Waals surface area contributed by atoms with Crippen LogP contribution in [0.4, 0.5) is 0 Å². The number of aromatic nitrogens is 4. The fourth-order valence-corrected chi connectivity index (χ4v) is 3.54. The number of hydrogen-bond donors (Lipinski definition) is 2. The van der Waals surface area contributed by atoms with Crippen molar-refractivity contribution in [3.63, 3.8) is 0 Å². The van der Waals surface area contributed by atoms with Crippen LogP contribution in [0.1, 0.15) is 22.8 Å². The van der Waals surface area contributed by atoms with Crippen molar-refractivity contribution in [3.8, 4) is 11.8 Å². The molecule has 156 valence electrons. The highest BCUT2D eigenvalue weighted by atomic mass is 32.2. The van der Waals surface area contributed by atoms with E-state index in [1.165, 1.54) is 0 Å². The number of ether oxygens (including phenoxy) is 1. The van der Waals surface area contributed by atoms with Crippen LogP contribution in [0.15, 0.2) is 57.9 Å². The largest absolute Gasteiger partial charge is 0.510 e. The highest BCUT2D eigenvalue weighted by Crippen LogP contribution is 2.25. The van der Waals surface area contributed by atoms with E-state index >= 15 is 0 Å². The van der Waals surface area contributed by atoms with E-state index in [2.05, 4.69) is 20.2 Å². The second-order valence-electron chi connectivity index (χ2n) is 6.84. The van der Waals surface area contributed by atoms with Crippen molar-refractivity contribution in [1.82, 2.24) is 20.2 Å². The molecule has 0 spiro atoms. The molecule has 0 bridgehead atoms. The third kappa shape index (κ3) is 4.70. The van der Waals surface area contributed by atoms with E-state index in [0.717, 1.165) is 39.7 Å². The van der Waals surface area contributed by atoms with Gasteiger partial charge in [0, 0.05) is 0 Å². The minimum absolute atomic E-state index is 0.0710. The van der Waals surface area contributed by atoms with Crippen LogP contribution >= 0.6 is 11.8 Å². The topological polar surface area (TPSA) is 121 Å².